The Morgan fingerprint density at radius 1 is 1.35 bits per heavy atom. The minimum absolute atomic E-state index is 0.451. The van der Waals surface area contributed by atoms with Crippen LogP contribution in [0.15, 0.2) is 0 Å². The molecular formula is C15H34N4O. The lowest BCUT2D eigenvalue weighted by Crippen LogP contribution is -2.43. The lowest BCUT2D eigenvalue weighted by Gasteiger charge is -2.30. The van der Waals surface area contributed by atoms with Crippen molar-refractivity contribution in [3.05, 3.63) is 0 Å². The highest BCUT2D eigenvalue weighted by Crippen LogP contribution is 2.11. The van der Waals surface area contributed by atoms with Gasteiger partial charge in [-0.15, -0.1) is 0 Å². The summed E-state index contributed by atoms with van der Waals surface area (Å²) in [6.07, 6.45) is 1.40. The first-order valence-electron chi connectivity index (χ1n) is 7.71. The van der Waals surface area contributed by atoms with Crippen LogP contribution in [0.5, 0.6) is 0 Å². The summed E-state index contributed by atoms with van der Waals surface area (Å²) in [6.45, 7) is 15.0. The Bertz CT molecular complexity index is 253. The van der Waals surface area contributed by atoms with E-state index in [1.165, 1.54) is 19.5 Å². The summed E-state index contributed by atoms with van der Waals surface area (Å²) >= 11 is 0. The molecule has 0 radical (unpaired) electrons. The average molecular weight is 286 g/mol. The Kier molecular flexibility index (Phi) is 9.59. The molecule has 1 unspecified atom stereocenters. The normalized spacial score (nSPS) is 19.4. The van der Waals surface area contributed by atoms with E-state index in [2.05, 4.69) is 56.8 Å². The molecule has 120 valence electrons. The van der Waals surface area contributed by atoms with E-state index in [9.17, 15) is 4.79 Å². The van der Waals surface area contributed by atoms with Gasteiger partial charge in [-0.25, -0.2) is 4.79 Å². The number of primary amides is 1. The van der Waals surface area contributed by atoms with Crippen LogP contribution in [0.3, 0.4) is 0 Å². The number of amides is 2. The topological polar surface area (TPSA) is 61.6 Å². The summed E-state index contributed by atoms with van der Waals surface area (Å²) in [7, 11) is 2.18. The van der Waals surface area contributed by atoms with Crippen LogP contribution in [0.4, 0.5) is 4.79 Å². The maximum Gasteiger partial charge on any atom is 0.312 e. The molecule has 5 heteroatoms. The van der Waals surface area contributed by atoms with Crippen molar-refractivity contribution in [1.29, 1.82) is 0 Å². The van der Waals surface area contributed by atoms with E-state index in [1.54, 1.807) is 0 Å². The average Bonchev–Trinajstić information content (AvgIpc) is 2.68. The Morgan fingerprint density at radius 3 is 2.15 bits per heavy atom. The molecule has 1 saturated heterocycles. The fraction of sp³-hybridized carbons (Fsp3) is 0.933. The zero-order valence-electron chi connectivity index (χ0n) is 14.1. The summed E-state index contributed by atoms with van der Waals surface area (Å²) < 4.78 is 0. The molecule has 5 nitrogen and oxygen atoms in total. The summed E-state index contributed by atoms with van der Waals surface area (Å²) in [6, 6.07) is 0.539. The molecule has 1 fully saturated rings. The van der Waals surface area contributed by atoms with Crippen molar-refractivity contribution < 1.29 is 4.79 Å². The van der Waals surface area contributed by atoms with Crippen molar-refractivity contribution in [3.63, 3.8) is 0 Å². The summed E-state index contributed by atoms with van der Waals surface area (Å²) in [5.74, 6) is 0.949. The SMILES string of the molecule is CC(C)N(CCNC(N)=O)C(C)C.CC1CCN(C)C1. The number of nitrogens with zero attached hydrogens (tertiary/aromatic N) is 2. The van der Waals surface area contributed by atoms with E-state index < -0.39 is 6.03 Å². The van der Waals surface area contributed by atoms with Crippen LogP contribution in [-0.2, 0) is 0 Å². The van der Waals surface area contributed by atoms with Crippen molar-refractivity contribution in [2.75, 3.05) is 33.2 Å². The van der Waals surface area contributed by atoms with Gasteiger partial charge in [0.25, 0.3) is 0 Å². The van der Waals surface area contributed by atoms with Crippen LogP contribution in [0, 0.1) is 5.92 Å². The van der Waals surface area contributed by atoms with E-state index in [4.69, 9.17) is 5.73 Å². The van der Waals surface area contributed by atoms with Crippen molar-refractivity contribution in [2.45, 2.75) is 53.1 Å². The van der Waals surface area contributed by atoms with Gasteiger partial charge < -0.3 is 16.0 Å². The third-order valence-electron chi connectivity index (χ3n) is 3.62. The maximum atomic E-state index is 10.4. The van der Waals surface area contributed by atoms with Crippen LogP contribution in [0.1, 0.15) is 41.0 Å². The van der Waals surface area contributed by atoms with Gasteiger partial charge in [0.1, 0.15) is 0 Å². The van der Waals surface area contributed by atoms with Crippen LogP contribution in [0.2, 0.25) is 0 Å². The number of rotatable bonds is 5. The van der Waals surface area contributed by atoms with Crippen LogP contribution in [0.25, 0.3) is 0 Å². The fourth-order valence-corrected chi connectivity index (χ4v) is 2.58. The smallest absolute Gasteiger partial charge is 0.312 e. The number of hydrogen-bond donors (Lipinski definition) is 2. The van der Waals surface area contributed by atoms with E-state index in [-0.39, 0.29) is 0 Å². The lowest BCUT2D eigenvalue weighted by atomic mass is 10.2. The van der Waals surface area contributed by atoms with Gasteiger partial charge in [0, 0.05) is 31.7 Å². The van der Waals surface area contributed by atoms with E-state index in [1.807, 2.05) is 0 Å². The van der Waals surface area contributed by atoms with Crippen molar-refractivity contribution in [2.24, 2.45) is 11.7 Å². The van der Waals surface area contributed by atoms with E-state index in [0.29, 0.717) is 18.6 Å². The first kappa shape index (κ1) is 19.2. The second-order valence-electron chi connectivity index (χ2n) is 6.37. The molecule has 1 atom stereocenters. The minimum atomic E-state index is -0.451. The van der Waals surface area contributed by atoms with Crippen molar-refractivity contribution >= 4 is 6.03 Å². The van der Waals surface area contributed by atoms with Gasteiger partial charge in [0.2, 0.25) is 0 Å². The number of hydrogen-bond acceptors (Lipinski definition) is 3. The molecule has 0 aromatic rings. The number of nitrogens with two attached hydrogens (primary N) is 1. The molecule has 1 rings (SSSR count). The van der Waals surface area contributed by atoms with Gasteiger partial charge in [0.05, 0.1) is 0 Å². The van der Waals surface area contributed by atoms with Gasteiger partial charge in [-0.2, -0.15) is 0 Å². The predicted molar refractivity (Wildman–Crippen MR) is 85.8 cm³/mol. The summed E-state index contributed by atoms with van der Waals surface area (Å²) in [5, 5.41) is 2.58. The minimum Gasteiger partial charge on any atom is -0.352 e. The van der Waals surface area contributed by atoms with Gasteiger partial charge in [0.15, 0.2) is 0 Å². The lowest BCUT2D eigenvalue weighted by molar-refractivity contribution is 0.176. The molecule has 0 spiro atoms. The van der Waals surface area contributed by atoms with Crippen molar-refractivity contribution in [3.8, 4) is 0 Å². The maximum absolute atomic E-state index is 10.4. The number of carbonyl (C=O) groups excluding carboxylic acids is 1. The Hall–Kier alpha value is -0.810. The monoisotopic (exact) mass is 286 g/mol. The second kappa shape index (κ2) is 10.00. The van der Waals surface area contributed by atoms with Gasteiger partial charge >= 0.3 is 6.03 Å². The third-order valence-corrected chi connectivity index (χ3v) is 3.62. The molecule has 3 N–H and O–H groups in total. The molecular weight excluding hydrogens is 252 g/mol. The largest absolute Gasteiger partial charge is 0.352 e. The Labute approximate surface area is 124 Å². The molecule has 0 aromatic carbocycles. The summed E-state index contributed by atoms with van der Waals surface area (Å²) in [5.41, 5.74) is 4.96. The third kappa shape index (κ3) is 9.15. The molecule has 0 bridgehead atoms. The van der Waals surface area contributed by atoms with Crippen LogP contribution >= 0.6 is 0 Å². The van der Waals surface area contributed by atoms with E-state index in [0.717, 1.165) is 12.5 Å². The molecule has 1 aliphatic rings. The molecule has 0 aliphatic carbocycles. The Morgan fingerprint density at radius 2 is 1.90 bits per heavy atom. The van der Waals surface area contributed by atoms with Gasteiger partial charge in [-0.05, 0) is 53.6 Å². The van der Waals surface area contributed by atoms with E-state index >= 15 is 0 Å². The predicted octanol–water partition coefficient (Wildman–Crippen LogP) is 1.73. The van der Waals surface area contributed by atoms with Gasteiger partial charge in [-0.1, -0.05) is 6.92 Å². The van der Waals surface area contributed by atoms with Crippen molar-refractivity contribution in [1.82, 2.24) is 15.1 Å². The molecule has 0 aromatic heterocycles. The number of nitrogens with one attached hydrogen (secondary N) is 1. The highest BCUT2D eigenvalue weighted by atomic mass is 16.2. The number of carbonyl (C=O) groups is 1. The molecule has 2 amide bonds. The standard InChI is InChI=1S/C9H21N3O.C6H13N/c1-7(2)12(8(3)4)6-5-11-9(10)13;1-6-3-4-7(2)5-6/h7-8H,5-6H2,1-4H3,(H3,10,11,13);6H,3-5H2,1-2H3. The number of urea groups is 1. The second-order valence-corrected chi connectivity index (χ2v) is 6.37. The van der Waals surface area contributed by atoms with Crippen LogP contribution < -0.4 is 11.1 Å². The zero-order valence-corrected chi connectivity index (χ0v) is 14.1. The first-order chi connectivity index (χ1) is 9.23. The first-order valence-corrected chi connectivity index (χ1v) is 7.71. The zero-order chi connectivity index (χ0) is 15.7. The fourth-order valence-electron chi connectivity index (χ4n) is 2.58. The summed E-state index contributed by atoms with van der Waals surface area (Å²) in [4.78, 5) is 15.1. The van der Waals surface area contributed by atoms with Crippen LogP contribution in [-0.4, -0.2) is 61.1 Å². The Balaban J connectivity index is 0.000000428. The molecule has 1 aliphatic heterocycles. The highest BCUT2D eigenvalue weighted by molar-refractivity contribution is 5.71. The quantitative estimate of drug-likeness (QED) is 0.809. The highest BCUT2D eigenvalue weighted by Gasteiger charge is 2.13. The molecule has 1 heterocycles. The van der Waals surface area contributed by atoms with Gasteiger partial charge in [-0.3, -0.25) is 4.90 Å². The molecule has 20 heavy (non-hydrogen) atoms. The number of likely N-dealkylation sites (tertiary alicyclic amines) is 1. The molecule has 0 saturated carbocycles.